The SMILES string of the molecule is COc1ccccc1N(CC(=O)N/N=C\c1ccco1)S(=O)(=O)c1ccc(C)cc1. The number of ether oxygens (including phenoxy) is 1. The fourth-order valence-corrected chi connectivity index (χ4v) is 4.10. The van der Waals surface area contributed by atoms with Crippen LogP contribution < -0.4 is 14.5 Å². The van der Waals surface area contributed by atoms with Gasteiger partial charge in [-0.05, 0) is 43.3 Å². The van der Waals surface area contributed by atoms with Gasteiger partial charge < -0.3 is 9.15 Å². The zero-order valence-electron chi connectivity index (χ0n) is 16.5. The molecule has 0 bridgehead atoms. The van der Waals surface area contributed by atoms with Crippen LogP contribution in [-0.2, 0) is 14.8 Å². The molecule has 0 spiro atoms. The third-order valence-corrected chi connectivity index (χ3v) is 5.95. The highest BCUT2D eigenvalue weighted by atomic mass is 32.2. The minimum atomic E-state index is -4.04. The number of furan rings is 1. The summed E-state index contributed by atoms with van der Waals surface area (Å²) >= 11 is 0. The summed E-state index contributed by atoms with van der Waals surface area (Å²) in [5, 5.41) is 3.80. The summed E-state index contributed by atoms with van der Waals surface area (Å²) in [7, 11) is -2.61. The summed E-state index contributed by atoms with van der Waals surface area (Å²) in [6.45, 7) is 1.37. The molecule has 3 aromatic rings. The number of sulfonamides is 1. The highest BCUT2D eigenvalue weighted by Crippen LogP contribution is 2.32. The van der Waals surface area contributed by atoms with Crippen LogP contribution in [0.3, 0.4) is 0 Å². The Morgan fingerprint density at radius 1 is 1.13 bits per heavy atom. The number of nitrogens with one attached hydrogen (secondary N) is 1. The van der Waals surface area contributed by atoms with Crippen molar-refractivity contribution in [3.63, 3.8) is 0 Å². The average Bonchev–Trinajstić information content (AvgIpc) is 3.26. The van der Waals surface area contributed by atoms with E-state index in [9.17, 15) is 13.2 Å². The number of anilines is 1. The van der Waals surface area contributed by atoms with Crippen molar-refractivity contribution in [2.75, 3.05) is 18.0 Å². The molecule has 1 N–H and O–H groups in total. The van der Waals surface area contributed by atoms with Gasteiger partial charge in [-0.25, -0.2) is 13.8 Å². The van der Waals surface area contributed by atoms with E-state index in [1.807, 2.05) is 6.92 Å². The molecule has 0 fully saturated rings. The van der Waals surface area contributed by atoms with E-state index in [2.05, 4.69) is 10.5 Å². The molecule has 8 nitrogen and oxygen atoms in total. The predicted molar refractivity (Wildman–Crippen MR) is 113 cm³/mol. The minimum absolute atomic E-state index is 0.0610. The fourth-order valence-electron chi connectivity index (χ4n) is 2.67. The summed E-state index contributed by atoms with van der Waals surface area (Å²) in [4.78, 5) is 12.5. The summed E-state index contributed by atoms with van der Waals surface area (Å²) in [5.74, 6) is 0.142. The molecule has 0 radical (unpaired) electrons. The number of nitrogens with zero attached hydrogens (tertiary/aromatic N) is 2. The number of carbonyl (C=O) groups excluding carboxylic acids is 1. The number of aryl methyl sites for hydroxylation is 1. The molecular formula is C21H21N3O5S. The van der Waals surface area contributed by atoms with E-state index >= 15 is 0 Å². The lowest BCUT2D eigenvalue weighted by Crippen LogP contribution is -2.39. The Morgan fingerprint density at radius 3 is 2.53 bits per heavy atom. The van der Waals surface area contributed by atoms with Crippen LogP contribution in [0.15, 0.2) is 81.3 Å². The van der Waals surface area contributed by atoms with Crippen molar-refractivity contribution < 1.29 is 22.4 Å². The second-order valence-corrected chi connectivity index (χ2v) is 8.17. The standard InChI is InChI=1S/C21H21N3O5S/c1-16-9-11-18(12-10-16)30(26,27)24(19-7-3-4-8-20(19)28-2)15-21(25)23-22-14-17-6-5-13-29-17/h3-14H,15H2,1-2H3,(H,23,25)/b22-14-. The summed E-state index contributed by atoms with van der Waals surface area (Å²) in [5.41, 5.74) is 3.48. The summed E-state index contributed by atoms with van der Waals surface area (Å²) in [6, 6.07) is 16.3. The van der Waals surface area contributed by atoms with E-state index in [0.717, 1.165) is 9.87 Å². The number of methoxy groups -OCH3 is 1. The number of carbonyl (C=O) groups is 1. The molecule has 0 aliphatic rings. The first-order chi connectivity index (χ1) is 14.4. The third-order valence-electron chi connectivity index (χ3n) is 4.17. The van der Waals surface area contributed by atoms with E-state index in [0.29, 0.717) is 11.5 Å². The van der Waals surface area contributed by atoms with Gasteiger partial charge in [0, 0.05) is 0 Å². The Balaban J connectivity index is 1.91. The van der Waals surface area contributed by atoms with Crippen molar-refractivity contribution >= 4 is 27.8 Å². The van der Waals surface area contributed by atoms with Crippen LogP contribution in [0, 0.1) is 6.92 Å². The second kappa shape index (κ2) is 9.27. The number of para-hydroxylation sites is 2. The Hall–Kier alpha value is -3.59. The van der Waals surface area contributed by atoms with Gasteiger partial charge in [-0.2, -0.15) is 5.10 Å². The van der Waals surface area contributed by atoms with Gasteiger partial charge in [0.15, 0.2) is 0 Å². The molecule has 2 aromatic carbocycles. The van der Waals surface area contributed by atoms with E-state index < -0.39 is 22.5 Å². The van der Waals surface area contributed by atoms with Gasteiger partial charge in [0.05, 0.1) is 30.2 Å². The van der Waals surface area contributed by atoms with Crippen LogP contribution in [0.4, 0.5) is 5.69 Å². The smallest absolute Gasteiger partial charge is 0.264 e. The van der Waals surface area contributed by atoms with Crippen LogP contribution >= 0.6 is 0 Å². The molecule has 0 unspecified atom stereocenters. The molecule has 1 heterocycles. The number of hydrogen-bond acceptors (Lipinski definition) is 6. The molecule has 0 saturated carbocycles. The maximum atomic E-state index is 13.3. The topological polar surface area (TPSA) is 101 Å². The van der Waals surface area contributed by atoms with Crippen molar-refractivity contribution in [3.05, 3.63) is 78.3 Å². The van der Waals surface area contributed by atoms with Crippen LogP contribution in [0.2, 0.25) is 0 Å². The average molecular weight is 427 g/mol. The Kier molecular flexibility index (Phi) is 6.53. The van der Waals surface area contributed by atoms with Gasteiger partial charge in [-0.3, -0.25) is 9.10 Å². The van der Waals surface area contributed by atoms with E-state index in [-0.39, 0.29) is 10.6 Å². The Morgan fingerprint density at radius 2 is 1.87 bits per heavy atom. The summed E-state index contributed by atoms with van der Waals surface area (Å²) < 4.78 is 38.1. The highest BCUT2D eigenvalue weighted by Gasteiger charge is 2.29. The first kappa shape index (κ1) is 21.1. The summed E-state index contributed by atoms with van der Waals surface area (Å²) in [6.07, 6.45) is 2.79. The molecule has 0 saturated heterocycles. The van der Waals surface area contributed by atoms with Gasteiger partial charge in [-0.15, -0.1) is 0 Å². The van der Waals surface area contributed by atoms with Gasteiger partial charge in [-0.1, -0.05) is 29.8 Å². The van der Waals surface area contributed by atoms with Crippen LogP contribution in [0.25, 0.3) is 0 Å². The zero-order chi connectivity index (χ0) is 21.6. The molecule has 156 valence electrons. The third kappa shape index (κ3) is 4.87. The molecule has 1 aromatic heterocycles. The van der Waals surface area contributed by atoms with Crippen LogP contribution in [0.1, 0.15) is 11.3 Å². The molecule has 0 atom stereocenters. The van der Waals surface area contributed by atoms with Crippen molar-refractivity contribution in [2.45, 2.75) is 11.8 Å². The number of amides is 1. The van der Waals surface area contributed by atoms with Crippen molar-refractivity contribution in [2.24, 2.45) is 5.10 Å². The van der Waals surface area contributed by atoms with E-state index in [1.165, 1.54) is 31.7 Å². The number of rotatable bonds is 8. The fraction of sp³-hybridized carbons (Fsp3) is 0.143. The van der Waals surface area contributed by atoms with E-state index in [4.69, 9.17) is 9.15 Å². The van der Waals surface area contributed by atoms with Gasteiger partial charge in [0.25, 0.3) is 15.9 Å². The Labute approximate surface area is 174 Å². The highest BCUT2D eigenvalue weighted by molar-refractivity contribution is 7.92. The van der Waals surface area contributed by atoms with Gasteiger partial charge in [0.1, 0.15) is 18.1 Å². The molecule has 30 heavy (non-hydrogen) atoms. The normalized spacial score (nSPS) is 11.4. The van der Waals surface area contributed by atoms with Crippen molar-refractivity contribution in [1.82, 2.24) is 5.43 Å². The first-order valence-corrected chi connectivity index (χ1v) is 10.4. The van der Waals surface area contributed by atoms with Crippen LogP contribution in [0.5, 0.6) is 5.75 Å². The zero-order valence-corrected chi connectivity index (χ0v) is 17.3. The maximum Gasteiger partial charge on any atom is 0.264 e. The number of hydrazone groups is 1. The van der Waals surface area contributed by atoms with Crippen molar-refractivity contribution in [3.8, 4) is 5.75 Å². The van der Waals surface area contributed by atoms with Crippen molar-refractivity contribution in [1.29, 1.82) is 0 Å². The molecule has 0 aliphatic heterocycles. The molecule has 9 heteroatoms. The molecule has 1 amide bonds. The second-order valence-electron chi connectivity index (χ2n) is 6.31. The Bertz CT molecular complexity index is 1120. The van der Waals surface area contributed by atoms with E-state index in [1.54, 1.807) is 48.5 Å². The largest absolute Gasteiger partial charge is 0.495 e. The number of hydrogen-bond donors (Lipinski definition) is 1. The monoisotopic (exact) mass is 427 g/mol. The number of benzene rings is 2. The first-order valence-electron chi connectivity index (χ1n) is 8.99. The predicted octanol–water partition coefficient (Wildman–Crippen LogP) is 2.94. The molecular weight excluding hydrogens is 406 g/mol. The maximum absolute atomic E-state index is 13.3. The lowest BCUT2D eigenvalue weighted by molar-refractivity contribution is -0.119. The van der Waals surface area contributed by atoms with Gasteiger partial charge in [0.2, 0.25) is 0 Å². The molecule has 3 rings (SSSR count). The van der Waals surface area contributed by atoms with Gasteiger partial charge >= 0.3 is 0 Å². The lowest BCUT2D eigenvalue weighted by Gasteiger charge is -2.25. The molecule has 0 aliphatic carbocycles. The minimum Gasteiger partial charge on any atom is -0.495 e. The quantitative estimate of drug-likeness (QED) is 0.440. The van der Waals surface area contributed by atoms with Crippen LogP contribution in [-0.4, -0.2) is 34.2 Å². The lowest BCUT2D eigenvalue weighted by atomic mass is 10.2.